The molecular formula is C6H13BO2. The first-order valence-corrected chi connectivity index (χ1v) is 3.74. The average Bonchev–Trinajstić information content (AvgIpc) is 2.00. The minimum absolute atomic E-state index is 0.778. The molecule has 1 saturated heterocycles. The molecule has 9 heavy (non-hydrogen) atoms. The van der Waals surface area contributed by atoms with Crippen LogP contribution in [0.1, 0.15) is 25.7 Å². The van der Waals surface area contributed by atoms with Crippen molar-refractivity contribution in [3.63, 3.8) is 0 Å². The minimum atomic E-state index is 0.778. The fourth-order valence-corrected chi connectivity index (χ4v) is 0.970. The molecule has 0 radical (unpaired) electrons. The van der Waals surface area contributed by atoms with Crippen LogP contribution in [0.25, 0.3) is 0 Å². The van der Waals surface area contributed by atoms with E-state index in [4.69, 9.17) is 9.69 Å². The second-order valence-corrected chi connectivity index (χ2v) is 2.41. The van der Waals surface area contributed by atoms with Crippen molar-refractivity contribution in [3.8, 4) is 0 Å². The summed E-state index contributed by atoms with van der Waals surface area (Å²) < 4.78 is 0. The smallest absolute Gasteiger partial charge is 0.310 e. The molecule has 3 heteroatoms. The quantitative estimate of drug-likeness (QED) is 0.361. The monoisotopic (exact) mass is 128 g/mol. The summed E-state index contributed by atoms with van der Waals surface area (Å²) in [6, 6.07) is 0. The lowest BCUT2D eigenvalue weighted by molar-refractivity contribution is -0.208. The SMILES string of the molecule is B1CCCCCCOO1. The van der Waals surface area contributed by atoms with Gasteiger partial charge in [-0.05, 0) is 12.7 Å². The zero-order valence-corrected chi connectivity index (χ0v) is 5.77. The van der Waals surface area contributed by atoms with Gasteiger partial charge in [0.1, 0.15) is 0 Å². The second kappa shape index (κ2) is 4.83. The van der Waals surface area contributed by atoms with Crippen LogP contribution in [-0.2, 0) is 9.69 Å². The van der Waals surface area contributed by atoms with E-state index in [-0.39, 0.29) is 0 Å². The fourth-order valence-electron chi connectivity index (χ4n) is 0.970. The van der Waals surface area contributed by atoms with E-state index in [1.807, 2.05) is 0 Å². The van der Waals surface area contributed by atoms with Crippen LogP contribution in [0.2, 0.25) is 6.32 Å². The van der Waals surface area contributed by atoms with Gasteiger partial charge in [0.15, 0.2) is 0 Å². The number of hydrogen-bond acceptors (Lipinski definition) is 2. The van der Waals surface area contributed by atoms with Crippen LogP contribution in [-0.4, -0.2) is 14.1 Å². The van der Waals surface area contributed by atoms with Crippen molar-refractivity contribution in [1.82, 2.24) is 0 Å². The molecule has 0 saturated carbocycles. The lowest BCUT2D eigenvalue weighted by atomic mass is 9.92. The van der Waals surface area contributed by atoms with Gasteiger partial charge in [0.05, 0.1) is 6.61 Å². The van der Waals surface area contributed by atoms with Crippen LogP contribution in [0.15, 0.2) is 0 Å². The molecule has 1 fully saturated rings. The molecule has 1 rings (SSSR count). The van der Waals surface area contributed by atoms with Gasteiger partial charge in [-0.25, -0.2) is 0 Å². The Balaban J connectivity index is 2.02. The van der Waals surface area contributed by atoms with Gasteiger partial charge in [0.2, 0.25) is 0 Å². The molecule has 0 aromatic heterocycles. The first kappa shape index (κ1) is 7.10. The van der Waals surface area contributed by atoms with Crippen molar-refractivity contribution < 1.29 is 9.69 Å². The zero-order chi connectivity index (χ0) is 6.36. The maximum absolute atomic E-state index is 4.85. The van der Waals surface area contributed by atoms with Crippen molar-refractivity contribution in [2.45, 2.75) is 32.0 Å². The highest BCUT2D eigenvalue weighted by Crippen LogP contribution is 2.05. The Kier molecular flexibility index (Phi) is 3.80. The molecule has 0 aliphatic carbocycles. The molecule has 0 atom stereocenters. The molecule has 1 aliphatic heterocycles. The molecule has 0 spiro atoms. The van der Waals surface area contributed by atoms with Gasteiger partial charge >= 0.3 is 7.48 Å². The Morgan fingerprint density at radius 1 is 1.00 bits per heavy atom. The summed E-state index contributed by atoms with van der Waals surface area (Å²) in [5.74, 6) is 0. The van der Waals surface area contributed by atoms with Gasteiger partial charge in [-0.1, -0.05) is 19.3 Å². The Morgan fingerprint density at radius 3 is 2.89 bits per heavy atom. The highest BCUT2D eigenvalue weighted by Gasteiger charge is 1.98. The van der Waals surface area contributed by atoms with Gasteiger partial charge in [-0.3, -0.25) is 4.89 Å². The van der Waals surface area contributed by atoms with Crippen molar-refractivity contribution in [2.24, 2.45) is 0 Å². The van der Waals surface area contributed by atoms with E-state index in [9.17, 15) is 0 Å². The normalized spacial score (nSPS) is 23.1. The van der Waals surface area contributed by atoms with E-state index >= 15 is 0 Å². The van der Waals surface area contributed by atoms with Gasteiger partial charge in [0, 0.05) is 0 Å². The first-order valence-electron chi connectivity index (χ1n) is 3.74. The van der Waals surface area contributed by atoms with E-state index in [0.717, 1.165) is 26.8 Å². The number of hydrogen-bond donors (Lipinski definition) is 0. The molecule has 52 valence electrons. The third kappa shape index (κ3) is 3.54. The minimum Gasteiger partial charge on any atom is -0.310 e. The summed E-state index contributed by atoms with van der Waals surface area (Å²) in [7, 11) is 0.778. The summed E-state index contributed by atoms with van der Waals surface area (Å²) in [4.78, 5) is 9.71. The van der Waals surface area contributed by atoms with E-state index < -0.39 is 0 Å². The molecule has 0 bridgehead atoms. The van der Waals surface area contributed by atoms with Gasteiger partial charge < -0.3 is 4.81 Å². The summed E-state index contributed by atoms with van der Waals surface area (Å²) in [5.41, 5.74) is 0. The first-order chi connectivity index (χ1) is 4.50. The predicted octanol–water partition coefficient (Wildman–Crippen LogP) is 1.28. The Labute approximate surface area is 56.7 Å². The largest absolute Gasteiger partial charge is 0.323 e. The highest BCUT2D eigenvalue weighted by atomic mass is 17.2. The Bertz CT molecular complexity index is 39.5. The summed E-state index contributed by atoms with van der Waals surface area (Å²) in [6.07, 6.45) is 6.24. The topological polar surface area (TPSA) is 18.5 Å². The molecule has 0 aromatic rings. The summed E-state index contributed by atoms with van der Waals surface area (Å²) >= 11 is 0. The lowest BCUT2D eigenvalue weighted by Crippen LogP contribution is -1.98. The molecule has 2 nitrogen and oxygen atoms in total. The molecule has 1 aliphatic rings. The van der Waals surface area contributed by atoms with Crippen LogP contribution in [0.5, 0.6) is 0 Å². The van der Waals surface area contributed by atoms with Gasteiger partial charge in [-0.2, -0.15) is 0 Å². The fraction of sp³-hybridized carbons (Fsp3) is 1.00. The third-order valence-electron chi connectivity index (χ3n) is 1.54. The average molecular weight is 128 g/mol. The maximum atomic E-state index is 4.85. The summed E-state index contributed by atoms with van der Waals surface area (Å²) in [6.45, 7) is 0.778. The molecular weight excluding hydrogens is 115 g/mol. The van der Waals surface area contributed by atoms with Crippen molar-refractivity contribution >= 4 is 7.48 Å². The van der Waals surface area contributed by atoms with E-state index in [1.54, 1.807) is 0 Å². The third-order valence-corrected chi connectivity index (χ3v) is 1.54. The van der Waals surface area contributed by atoms with E-state index in [2.05, 4.69) is 0 Å². The molecule has 0 N–H and O–H groups in total. The van der Waals surface area contributed by atoms with Crippen molar-refractivity contribution in [3.05, 3.63) is 0 Å². The standard InChI is InChI=1S/C6H13BO2/c1-2-4-6-8-9-7-5-3-1/h7H,1-6H2. The Morgan fingerprint density at radius 2 is 1.89 bits per heavy atom. The van der Waals surface area contributed by atoms with Gasteiger partial charge in [-0.15, -0.1) is 0 Å². The summed E-state index contributed by atoms with van der Waals surface area (Å²) in [5, 5.41) is 0. The van der Waals surface area contributed by atoms with E-state index in [0.29, 0.717) is 0 Å². The van der Waals surface area contributed by atoms with Crippen LogP contribution < -0.4 is 0 Å². The Hall–Kier alpha value is -0.0151. The highest BCUT2D eigenvalue weighted by molar-refractivity contribution is 6.26. The zero-order valence-electron chi connectivity index (χ0n) is 5.77. The van der Waals surface area contributed by atoms with Crippen LogP contribution in [0, 0.1) is 0 Å². The molecule has 0 amide bonds. The predicted molar refractivity (Wildman–Crippen MR) is 37.5 cm³/mol. The molecule has 0 unspecified atom stereocenters. The lowest BCUT2D eigenvalue weighted by Gasteiger charge is -1.97. The van der Waals surface area contributed by atoms with Gasteiger partial charge in [0.25, 0.3) is 0 Å². The maximum Gasteiger partial charge on any atom is 0.323 e. The molecule has 0 aromatic carbocycles. The van der Waals surface area contributed by atoms with Crippen LogP contribution in [0.3, 0.4) is 0 Å². The molecule has 1 heterocycles. The van der Waals surface area contributed by atoms with Crippen LogP contribution >= 0.6 is 0 Å². The van der Waals surface area contributed by atoms with E-state index in [1.165, 1.54) is 19.3 Å². The van der Waals surface area contributed by atoms with Crippen LogP contribution in [0.4, 0.5) is 0 Å². The van der Waals surface area contributed by atoms with Crippen molar-refractivity contribution in [2.75, 3.05) is 6.61 Å². The van der Waals surface area contributed by atoms with Crippen molar-refractivity contribution in [1.29, 1.82) is 0 Å². The second-order valence-electron chi connectivity index (χ2n) is 2.41. The number of rotatable bonds is 0.